The number of amides is 3. The minimum Gasteiger partial charge on any atom is -0.478 e. The van der Waals surface area contributed by atoms with Crippen LogP contribution in [0.4, 0.5) is 0 Å². The number of hydrogen-bond donors (Lipinski definition) is 5. The molecule has 0 saturated carbocycles. The zero-order chi connectivity index (χ0) is 56.6. The average molecular weight is 1230 g/mol. The number of rotatable bonds is 15. The van der Waals surface area contributed by atoms with Crippen molar-refractivity contribution in [2.75, 3.05) is 0 Å². The molecular formula is C55H69BrCl4N14O5. The molecule has 0 bridgehead atoms. The van der Waals surface area contributed by atoms with Crippen molar-refractivity contribution in [3.8, 4) is 0 Å². The van der Waals surface area contributed by atoms with Gasteiger partial charge >= 0.3 is 5.97 Å². The van der Waals surface area contributed by atoms with Crippen LogP contribution in [0.1, 0.15) is 169 Å². The van der Waals surface area contributed by atoms with E-state index in [0.717, 1.165) is 30.4 Å². The van der Waals surface area contributed by atoms with Crippen molar-refractivity contribution in [3.05, 3.63) is 150 Å². The number of carbonyl (C=O) groups is 4. The fourth-order valence-electron chi connectivity index (χ4n) is 8.80. The number of H-pyrrole nitrogens is 2. The quantitative estimate of drug-likeness (QED) is 0.0643. The third kappa shape index (κ3) is 17.7. The maximum atomic E-state index is 13.9. The van der Waals surface area contributed by atoms with E-state index in [0.29, 0.717) is 72.8 Å². The molecule has 6 aromatic rings. The highest BCUT2D eigenvalue weighted by Crippen LogP contribution is 2.42. The van der Waals surface area contributed by atoms with Crippen LogP contribution in [0.25, 0.3) is 0 Å². The fourth-order valence-corrected chi connectivity index (χ4v) is 9.85. The number of hydrogen-bond acceptors (Lipinski definition) is 13. The van der Waals surface area contributed by atoms with Crippen LogP contribution in [0.15, 0.2) is 94.9 Å². The Bertz CT molecular complexity index is 3070. The van der Waals surface area contributed by atoms with Crippen molar-refractivity contribution in [2.24, 2.45) is 26.5 Å². The summed E-state index contributed by atoms with van der Waals surface area (Å²) in [6, 6.07) is 23.5. The second kappa shape index (κ2) is 27.3. The number of carboxylic acid groups (broad SMARTS) is 1. The van der Waals surface area contributed by atoms with Crippen molar-refractivity contribution >= 4 is 98.5 Å². The van der Waals surface area contributed by atoms with Gasteiger partial charge in [0.05, 0.1) is 30.7 Å². The number of carboxylic acids is 1. The van der Waals surface area contributed by atoms with Gasteiger partial charge in [0.1, 0.15) is 22.7 Å². The summed E-state index contributed by atoms with van der Waals surface area (Å²) in [6.07, 6.45) is 3.19. The number of aromatic nitrogens is 8. The zero-order valence-corrected chi connectivity index (χ0v) is 49.8. The van der Waals surface area contributed by atoms with Crippen LogP contribution in [0.3, 0.4) is 0 Å². The lowest BCUT2D eigenvalue weighted by Crippen LogP contribution is -2.45. The third-order valence-electron chi connectivity index (χ3n) is 12.5. The van der Waals surface area contributed by atoms with Gasteiger partial charge in [-0.1, -0.05) is 130 Å². The first kappa shape index (κ1) is 65.4. The number of aliphatic imine (C=N–C) groups is 2. The van der Waals surface area contributed by atoms with E-state index in [9.17, 15) is 24.3 Å². The maximum Gasteiger partial charge on any atom is 0.335 e. The van der Waals surface area contributed by atoms with Gasteiger partial charge in [-0.05, 0) is 136 Å². The van der Waals surface area contributed by atoms with Gasteiger partial charge in [-0.15, -0.1) is 37.4 Å². The van der Waals surface area contributed by atoms with Crippen LogP contribution in [0.2, 0.25) is 20.1 Å². The van der Waals surface area contributed by atoms with Crippen molar-refractivity contribution in [1.82, 2.24) is 56.4 Å². The molecule has 2 aromatic heterocycles. The summed E-state index contributed by atoms with van der Waals surface area (Å²) in [5, 5.41) is 40.0. The summed E-state index contributed by atoms with van der Waals surface area (Å²) in [6.45, 7) is 21.2. The van der Waals surface area contributed by atoms with Crippen LogP contribution in [0.5, 0.6) is 0 Å². The predicted molar refractivity (Wildman–Crippen MR) is 315 cm³/mol. The normalized spacial score (nSPS) is 15.3. The van der Waals surface area contributed by atoms with Gasteiger partial charge in [0.2, 0.25) is 0 Å². The topological polar surface area (TPSA) is 267 Å². The Morgan fingerprint density at radius 2 is 1.00 bits per heavy atom. The Labute approximate surface area is 491 Å². The molecule has 2 aliphatic heterocycles. The smallest absolute Gasteiger partial charge is 0.335 e. The number of tetrazole rings is 2. The Morgan fingerprint density at radius 3 is 1.32 bits per heavy atom. The molecule has 3 amide bonds. The number of carbonyl (C=O) groups excluding carboxylic acids is 3. The molecule has 4 heterocycles. The SMILES string of the molecule is Br.C.CC(C)(C)CC[C@H](c1ccc(C(=O)NCc2nn[nH]n2)cc1)N1C(=O)C(c2cc(Cl)cc(Cl)c2)=NC1(C)C.CC(C)(C)CC[C@H](c1ccc(C(=O)O)cc1)N1C(=O)C(c2cc(Cl)cc(Cl)c2)=NC1(C)C.NCc1nn[nH]n1. The number of nitrogens with one attached hydrogen (secondary N) is 3. The molecule has 6 N–H and O–H groups in total. The highest BCUT2D eigenvalue weighted by atomic mass is 79.9. The Balaban J connectivity index is 0.000000299. The molecule has 0 radical (unpaired) electrons. The number of halogens is 5. The molecule has 0 saturated heterocycles. The first-order valence-corrected chi connectivity index (χ1v) is 26.2. The number of aromatic carboxylic acids is 1. The highest BCUT2D eigenvalue weighted by molar-refractivity contribution is 8.93. The van der Waals surface area contributed by atoms with E-state index in [1.54, 1.807) is 77.7 Å². The summed E-state index contributed by atoms with van der Waals surface area (Å²) in [4.78, 5) is 64.7. The van der Waals surface area contributed by atoms with Crippen molar-refractivity contribution < 1.29 is 24.3 Å². The lowest BCUT2D eigenvalue weighted by atomic mass is 9.86. The van der Waals surface area contributed by atoms with Gasteiger partial charge in [-0.2, -0.15) is 10.4 Å². The van der Waals surface area contributed by atoms with Gasteiger partial charge in [0, 0.05) is 36.8 Å². The van der Waals surface area contributed by atoms with Gasteiger partial charge in [0.25, 0.3) is 17.7 Å². The molecule has 0 aliphatic carbocycles. The predicted octanol–water partition coefficient (Wildman–Crippen LogP) is 11.9. The van der Waals surface area contributed by atoms with E-state index < -0.39 is 17.3 Å². The summed E-state index contributed by atoms with van der Waals surface area (Å²) in [5.41, 5.74) is 7.96. The lowest BCUT2D eigenvalue weighted by Gasteiger charge is -2.38. The highest BCUT2D eigenvalue weighted by Gasteiger charge is 2.46. The van der Waals surface area contributed by atoms with Crippen LogP contribution in [-0.2, 0) is 22.7 Å². The first-order valence-electron chi connectivity index (χ1n) is 24.7. The van der Waals surface area contributed by atoms with Crippen molar-refractivity contribution in [3.63, 3.8) is 0 Å². The monoisotopic (exact) mass is 1220 g/mol. The number of nitrogens with zero attached hydrogens (tertiary/aromatic N) is 10. The van der Waals surface area contributed by atoms with Crippen molar-refractivity contribution in [2.45, 2.75) is 139 Å². The molecule has 2 atom stereocenters. The van der Waals surface area contributed by atoms with E-state index in [2.05, 4.69) is 88.1 Å². The molecule has 79 heavy (non-hydrogen) atoms. The molecule has 8 rings (SSSR count). The molecule has 0 fully saturated rings. The molecule has 2 aliphatic rings. The van der Waals surface area contributed by atoms with E-state index >= 15 is 0 Å². The van der Waals surface area contributed by atoms with Crippen LogP contribution in [-0.4, -0.2) is 103 Å². The summed E-state index contributed by atoms with van der Waals surface area (Å²) < 4.78 is 0. The average Bonchev–Trinajstić information content (AvgIpc) is 4.35. The molecule has 424 valence electrons. The minimum atomic E-state index is -0.983. The van der Waals surface area contributed by atoms with Gasteiger partial charge in [-0.25, -0.2) is 4.79 Å². The summed E-state index contributed by atoms with van der Waals surface area (Å²) >= 11 is 24.8. The van der Waals surface area contributed by atoms with Crippen LogP contribution in [0, 0.1) is 10.8 Å². The summed E-state index contributed by atoms with van der Waals surface area (Å²) in [7, 11) is 0. The lowest BCUT2D eigenvalue weighted by molar-refractivity contribution is -0.131. The maximum absolute atomic E-state index is 13.9. The number of aromatic amines is 2. The third-order valence-corrected chi connectivity index (χ3v) is 13.4. The van der Waals surface area contributed by atoms with Crippen LogP contribution >= 0.6 is 63.4 Å². The number of nitrogens with two attached hydrogens (primary N) is 1. The first-order chi connectivity index (χ1) is 36.1. The van der Waals surface area contributed by atoms with E-state index in [4.69, 9.17) is 62.1 Å². The fraction of sp³-hybridized carbons (Fsp3) is 0.418. The standard InChI is InChI=1S/C27H31Cl2N7O2.C25H28Cl2N2O3.C2H5N5.CH4.BrH/c1-26(2,3)11-10-21(16-6-8-17(9-7-16)24(37)30-15-22-32-34-35-33-22)36-25(38)23(31-27(36,4)5)18-12-19(28)14-20(29)13-18;1-24(2,3)11-10-20(15-6-8-16(9-7-15)23(31)32)29-22(30)21(28-25(29,4)5)17-12-18(26)14-19(27)13-17;3-1-2-4-6-7-5-2;;/h6-9,12-14,21H,10-11,15H2,1-5H3,(H,30,37)(H,32,33,34,35);6-9,12-14,20H,10-11H2,1-5H3,(H,31,32);1,3H2,(H,4,5,6,7);1H4;1H/t21-;20-;;;/m11.../s1. The van der Waals surface area contributed by atoms with Crippen molar-refractivity contribution in [1.29, 1.82) is 0 Å². The Morgan fingerprint density at radius 1 is 0.633 bits per heavy atom. The van der Waals surface area contributed by atoms with E-state index in [-0.39, 0.29) is 77.2 Å². The number of benzene rings is 4. The van der Waals surface area contributed by atoms with Gasteiger partial charge < -0.3 is 26.0 Å². The molecule has 0 unspecified atom stereocenters. The Hall–Kier alpha value is -6.16. The Kier molecular flexibility index (Phi) is 22.6. The second-order valence-corrected chi connectivity index (χ2v) is 23.6. The zero-order valence-electron chi connectivity index (χ0n) is 45.0. The molecular weight excluding hydrogens is 1160 g/mol. The second-order valence-electron chi connectivity index (χ2n) is 21.9. The van der Waals surface area contributed by atoms with Gasteiger partial charge in [-0.3, -0.25) is 24.4 Å². The van der Waals surface area contributed by atoms with Crippen LogP contribution < -0.4 is 11.1 Å². The summed E-state index contributed by atoms with van der Waals surface area (Å²) in [5.74, 6) is -0.690. The van der Waals surface area contributed by atoms with E-state index in [1.807, 2.05) is 44.7 Å². The largest absolute Gasteiger partial charge is 0.478 e. The molecule has 4 aromatic carbocycles. The minimum absolute atomic E-state index is 0. The molecule has 0 spiro atoms. The molecule has 19 nitrogen and oxygen atoms in total. The van der Waals surface area contributed by atoms with E-state index in [1.165, 1.54) is 0 Å². The van der Waals surface area contributed by atoms with Gasteiger partial charge in [0.15, 0.2) is 11.6 Å². The molecule has 24 heteroatoms.